The molecule has 142 valence electrons. The monoisotopic (exact) mass is 369 g/mol. The molecule has 1 fully saturated rings. The molecule has 0 saturated carbocycles. The van der Waals surface area contributed by atoms with E-state index in [0.717, 1.165) is 25.2 Å². The first-order valence-electron chi connectivity index (χ1n) is 9.11. The molecule has 0 spiro atoms. The number of nitrogens with zero attached hydrogens (tertiary/aromatic N) is 2. The van der Waals surface area contributed by atoms with Crippen LogP contribution in [0.25, 0.3) is 6.08 Å². The van der Waals surface area contributed by atoms with Crippen molar-refractivity contribution in [3.8, 4) is 0 Å². The van der Waals surface area contributed by atoms with Crippen molar-refractivity contribution < 1.29 is 14.1 Å². The van der Waals surface area contributed by atoms with E-state index in [1.54, 1.807) is 0 Å². The van der Waals surface area contributed by atoms with Gasteiger partial charge in [-0.25, -0.2) is 0 Å². The summed E-state index contributed by atoms with van der Waals surface area (Å²) in [7, 11) is 0. The van der Waals surface area contributed by atoms with Crippen LogP contribution in [-0.4, -0.2) is 28.8 Å². The molecule has 3 rings (SSSR count). The lowest BCUT2D eigenvalue weighted by Crippen LogP contribution is -2.30. The molecule has 1 aromatic carbocycles. The number of carbonyl (C=O) groups excluding carboxylic acids is 1. The second-order valence-electron chi connectivity index (χ2n) is 6.59. The number of hydrogen-bond acceptors (Lipinski definition) is 5. The van der Waals surface area contributed by atoms with Gasteiger partial charge in [-0.1, -0.05) is 30.7 Å². The van der Waals surface area contributed by atoms with Crippen LogP contribution in [0.3, 0.4) is 0 Å². The molecular formula is C20H23N3O4. The molecule has 0 radical (unpaired) electrons. The van der Waals surface area contributed by atoms with E-state index in [-0.39, 0.29) is 17.6 Å². The predicted octanol–water partition coefficient (Wildman–Crippen LogP) is 3.50. The Labute approximate surface area is 157 Å². The Balaban J connectivity index is 1.55. The molecule has 2 heterocycles. The highest BCUT2D eigenvalue weighted by atomic mass is 16.6. The van der Waals surface area contributed by atoms with Crippen LogP contribution in [0.2, 0.25) is 0 Å². The molecule has 1 aromatic heterocycles. The standard InChI is InChI=1S/C20H23N3O4/c24-19(10-8-18-9-11-20(27-18)23(25)26)21-14-16-6-2-3-7-17(16)15-22-12-4-1-5-13-22/h2-3,6-11H,1,4-5,12-15H2,(H,21,24)/b10-8+. The molecule has 1 aliphatic rings. The summed E-state index contributed by atoms with van der Waals surface area (Å²) in [5.74, 6) is -0.356. The zero-order chi connectivity index (χ0) is 19.1. The Hall–Kier alpha value is -2.93. The normalized spacial score (nSPS) is 15.1. The second-order valence-corrected chi connectivity index (χ2v) is 6.59. The Kier molecular flexibility index (Phi) is 6.38. The zero-order valence-electron chi connectivity index (χ0n) is 15.1. The fraction of sp³-hybridized carbons (Fsp3) is 0.350. The number of furan rings is 1. The van der Waals surface area contributed by atoms with Crippen LogP contribution in [-0.2, 0) is 17.9 Å². The van der Waals surface area contributed by atoms with Gasteiger partial charge in [-0.05, 0) is 49.2 Å². The highest BCUT2D eigenvalue weighted by molar-refractivity contribution is 5.91. The molecule has 7 nitrogen and oxygen atoms in total. The first kappa shape index (κ1) is 18.8. The van der Waals surface area contributed by atoms with Crippen molar-refractivity contribution >= 4 is 17.9 Å². The fourth-order valence-electron chi connectivity index (χ4n) is 3.17. The van der Waals surface area contributed by atoms with Gasteiger partial charge in [0.1, 0.15) is 10.7 Å². The number of hydrogen-bond donors (Lipinski definition) is 1. The average Bonchev–Trinajstić information content (AvgIpc) is 3.16. The van der Waals surface area contributed by atoms with Crippen LogP contribution >= 0.6 is 0 Å². The van der Waals surface area contributed by atoms with Gasteiger partial charge < -0.3 is 9.73 Å². The topological polar surface area (TPSA) is 88.6 Å². The number of nitrogens with one attached hydrogen (secondary N) is 1. The van der Waals surface area contributed by atoms with Gasteiger partial charge in [0.2, 0.25) is 5.91 Å². The molecule has 1 saturated heterocycles. The summed E-state index contributed by atoms with van der Waals surface area (Å²) in [6, 6.07) is 10.8. The first-order chi connectivity index (χ1) is 13.1. The van der Waals surface area contributed by atoms with Crippen molar-refractivity contribution in [2.45, 2.75) is 32.4 Å². The van der Waals surface area contributed by atoms with Crippen LogP contribution in [0.15, 0.2) is 46.9 Å². The molecule has 1 amide bonds. The molecule has 1 aliphatic heterocycles. The summed E-state index contributed by atoms with van der Waals surface area (Å²) in [6.07, 6.45) is 6.53. The Morgan fingerprint density at radius 3 is 2.59 bits per heavy atom. The fourth-order valence-corrected chi connectivity index (χ4v) is 3.17. The van der Waals surface area contributed by atoms with E-state index < -0.39 is 4.92 Å². The Morgan fingerprint density at radius 1 is 1.15 bits per heavy atom. The van der Waals surface area contributed by atoms with E-state index in [4.69, 9.17) is 4.42 Å². The predicted molar refractivity (Wildman–Crippen MR) is 102 cm³/mol. The molecule has 27 heavy (non-hydrogen) atoms. The van der Waals surface area contributed by atoms with Gasteiger partial charge in [-0.3, -0.25) is 19.8 Å². The van der Waals surface area contributed by atoms with Crippen molar-refractivity contribution in [2.24, 2.45) is 0 Å². The first-order valence-corrected chi connectivity index (χ1v) is 9.11. The SMILES string of the molecule is O=C(/C=C/c1ccc([N+](=O)[O-])o1)NCc1ccccc1CN1CCCCC1. The number of piperidine rings is 1. The highest BCUT2D eigenvalue weighted by Crippen LogP contribution is 2.17. The smallest absolute Gasteiger partial charge is 0.401 e. The van der Waals surface area contributed by atoms with Gasteiger partial charge in [0.05, 0.1) is 6.07 Å². The van der Waals surface area contributed by atoms with Crippen molar-refractivity contribution in [1.82, 2.24) is 10.2 Å². The Morgan fingerprint density at radius 2 is 1.89 bits per heavy atom. The molecule has 0 aliphatic carbocycles. The quantitative estimate of drug-likeness (QED) is 0.458. The van der Waals surface area contributed by atoms with Crippen LogP contribution in [0.1, 0.15) is 36.1 Å². The van der Waals surface area contributed by atoms with Crippen molar-refractivity contribution in [3.05, 3.63) is 69.5 Å². The zero-order valence-corrected chi connectivity index (χ0v) is 15.1. The lowest BCUT2D eigenvalue weighted by atomic mass is 10.0. The molecule has 2 aromatic rings. The van der Waals surface area contributed by atoms with E-state index in [1.165, 1.54) is 49.1 Å². The Bertz CT molecular complexity index is 822. The van der Waals surface area contributed by atoms with E-state index >= 15 is 0 Å². The second kappa shape index (κ2) is 9.14. The van der Waals surface area contributed by atoms with Gasteiger partial charge in [0, 0.05) is 19.2 Å². The number of carbonyl (C=O) groups is 1. The molecule has 0 atom stereocenters. The third-order valence-electron chi connectivity index (χ3n) is 4.61. The largest absolute Gasteiger partial charge is 0.433 e. The minimum Gasteiger partial charge on any atom is -0.401 e. The minimum atomic E-state index is -0.614. The number of amides is 1. The van der Waals surface area contributed by atoms with Crippen LogP contribution < -0.4 is 5.32 Å². The number of nitro groups is 1. The van der Waals surface area contributed by atoms with Crippen LogP contribution in [0, 0.1) is 10.1 Å². The molecular weight excluding hydrogens is 346 g/mol. The van der Waals surface area contributed by atoms with Gasteiger partial charge in [-0.15, -0.1) is 0 Å². The van der Waals surface area contributed by atoms with E-state index in [9.17, 15) is 14.9 Å². The third kappa shape index (κ3) is 5.52. The maximum absolute atomic E-state index is 12.0. The maximum atomic E-state index is 12.0. The van der Waals surface area contributed by atoms with E-state index in [0.29, 0.717) is 6.54 Å². The van der Waals surface area contributed by atoms with Gasteiger partial charge in [0.25, 0.3) is 0 Å². The minimum absolute atomic E-state index is 0.266. The maximum Gasteiger partial charge on any atom is 0.433 e. The summed E-state index contributed by atoms with van der Waals surface area (Å²) in [4.78, 5) is 24.5. The summed E-state index contributed by atoms with van der Waals surface area (Å²) in [6.45, 7) is 3.58. The van der Waals surface area contributed by atoms with Crippen molar-refractivity contribution in [1.29, 1.82) is 0 Å². The number of benzene rings is 1. The summed E-state index contributed by atoms with van der Waals surface area (Å²) in [5.41, 5.74) is 2.32. The van der Waals surface area contributed by atoms with E-state index in [1.807, 2.05) is 18.2 Å². The molecule has 7 heteroatoms. The number of rotatable bonds is 7. The molecule has 0 bridgehead atoms. The summed E-state index contributed by atoms with van der Waals surface area (Å²) >= 11 is 0. The van der Waals surface area contributed by atoms with E-state index in [2.05, 4.69) is 16.3 Å². The van der Waals surface area contributed by atoms with Gasteiger partial charge in [0.15, 0.2) is 0 Å². The lowest BCUT2D eigenvalue weighted by molar-refractivity contribution is -0.402. The van der Waals surface area contributed by atoms with Gasteiger partial charge >= 0.3 is 5.88 Å². The van der Waals surface area contributed by atoms with Crippen LogP contribution in [0.4, 0.5) is 5.88 Å². The highest BCUT2D eigenvalue weighted by Gasteiger charge is 2.13. The number of likely N-dealkylation sites (tertiary alicyclic amines) is 1. The lowest BCUT2D eigenvalue weighted by Gasteiger charge is -2.27. The van der Waals surface area contributed by atoms with Crippen molar-refractivity contribution in [3.63, 3.8) is 0 Å². The van der Waals surface area contributed by atoms with Crippen molar-refractivity contribution in [2.75, 3.05) is 13.1 Å². The van der Waals surface area contributed by atoms with Gasteiger partial charge in [-0.2, -0.15) is 0 Å². The third-order valence-corrected chi connectivity index (χ3v) is 4.61. The summed E-state index contributed by atoms with van der Waals surface area (Å²) in [5, 5.41) is 13.4. The molecule has 1 N–H and O–H groups in total. The molecule has 0 unspecified atom stereocenters. The average molecular weight is 369 g/mol. The summed E-state index contributed by atoms with van der Waals surface area (Å²) < 4.78 is 4.99. The van der Waals surface area contributed by atoms with Crippen LogP contribution in [0.5, 0.6) is 0 Å².